The van der Waals surface area contributed by atoms with Crippen LogP contribution in [0.1, 0.15) is 19.8 Å². The first kappa shape index (κ1) is 13.6. The van der Waals surface area contributed by atoms with E-state index >= 15 is 0 Å². The van der Waals surface area contributed by atoms with Crippen molar-refractivity contribution < 1.29 is 13.2 Å². The zero-order valence-electron chi connectivity index (χ0n) is 9.80. The van der Waals surface area contributed by atoms with Crippen molar-refractivity contribution in [1.82, 2.24) is 0 Å². The molecule has 0 saturated heterocycles. The van der Waals surface area contributed by atoms with Gasteiger partial charge in [0.1, 0.15) is 5.75 Å². The van der Waals surface area contributed by atoms with Crippen LogP contribution in [-0.4, -0.2) is 20.0 Å². The molecule has 1 aromatic rings. The molecule has 0 aliphatic rings. The van der Waals surface area contributed by atoms with Gasteiger partial charge in [0.25, 0.3) is 0 Å². The summed E-state index contributed by atoms with van der Waals surface area (Å²) < 4.78 is 23.6. The maximum absolute atomic E-state index is 11.8. The number of sulfone groups is 1. The molecule has 3 nitrogen and oxygen atoms in total. The van der Waals surface area contributed by atoms with E-state index in [4.69, 9.17) is 0 Å². The van der Waals surface area contributed by atoms with E-state index in [1.807, 2.05) is 6.92 Å². The van der Waals surface area contributed by atoms with Gasteiger partial charge in [0.2, 0.25) is 0 Å². The molecule has 0 saturated carbocycles. The fraction of sp³-hybridized carbons (Fsp3) is 0.308. The molecule has 0 atom stereocenters. The Balaban J connectivity index is 2.71. The normalized spacial score (nSPS) is 11.8. The minimum atomic E-state index is -3.50. The summed E-state index contributed by atoms with van der Waals surface area (Å²) in [5.41, 5.74) is 0. The van der Waals surface area contributed by atoms with Crippen LogP contribution in [0.4, 0.5) is 0 Å². The maximum Gasteiger partial charge on any atom is 0.185 e. The highest BCUT2D eigenvalue weighted by atomic mass is 32.2. The van der Waals surface area contributed by atoms with E-state index in [-0.39, 0.29) is 10.7 Å². The van der Waals surface area contributed by atoms with Gasteiger partial charge in [0.15, 0.2) is 15.6 Å². The van der Waals surface area contributed by atoms with Crippen LogP contribution in [0.15, 0.2) is 47.4 Å². The molecule has 1 aromatic carbocycles. The Morgan fingerprint density at radius 1 is 1.24 bits per heavy atom. The summed E-state index contributed by atoms with van der Waals surface area (Å²) in [5, 5.41) is 0. The zero-order valence-corrected chi connectivity index (χ0v) is 10.6. The Bertz CT molecular complexity index is 487. The molecule has 4 heteroatoms. The molecule has 17 heavy (non-hydrogen) atoms. The van der Waals surface area contributed by atoms with Gasteiger partial charge in [-0.1, -0.05) is 37.6 Å². The predicted molar refractivity (Wildman–Crippen MR) is 67.5 cm³/mol. The van der Waals surface area contributed by atoms with E-state index in [0.29, 0.717) is 0 Å². The lowest BCUT2D eigenvalue weighted by Gasteiger charge is -2.01. The second-order valence-electron chi connectivity index (χ2n) is 3.73. The summed E-state index contributed by atoms with van der Waals surface area (Å²) in [6.45, 7) is 2.00. The smallest absolute Gasteiger partial charge is 0.185 e. The van der Waals surface area contributed by atoms with Gasteiger partial charge in [-0.25, -0.2) is 8.42 Å². The Labute approximate surface area is 102 Å². The molecule has 0 aliphatic heterocycles. The Kier molecular flexibility index (Phi) is 5.10. The van der Waals surface area contributed by atoms with E-state index in [2.05, 4.69) is 0 Å². The number of rotatable bonds is 6. The topological polar surface area (TPSA) is 51.2 Å². The quantitative estimate of drug-likeness (QED) is 0.730. The fourth-order valence-electron chi connectivity index (χ4n) is 1.33. The first-order valence-electron chi connectivity index (χ1n) is 5.53. The first-order chi connectivity index (χ1) is 8.06. The number of benzene rings is 1. The minimum absolute atomic E-state index is 0.192. The van der Waals surface area contributed by atoms with Crippen molar-refractivity contribution in [2.45, 2.75) is 24.7 Å². The van der Waals surface area contributed by atoms with Gasteiger partial charge in [0.05, 0.1) is 4.90 Å². The summed E-state index contributed by atoms with van der Waals surface area (Å²) in [6, 6.07) is 8.02. The molecule has 0 fully saturated rings. The molecule has 0 heterocycles. The second kappa shape index (κ2) is 6.35. The summed E-state index contributed by atoms with van der Waals surface area (Å²) in [6.07, 6.45) is 4.79. The molecule has 92 valence electrons. The van der Waals surface area contributed by atoms with Crippen LogP contribution >= 0.6 is 0 Å². The Hall–Kier alpha value is -1.42. The van der Waals surface area contributed by atoms with Crippen molar-refractivity contribution in [2.24, 2.45) is 0 Å². The molecule has 0 aliphatic carbocycles. The number of ketones is 1. The van der Waals surface area contributed by atoms with Gasteiger partial charge < -0.3 is 0 Å². The van der Waals surface area contributed by atoms with Crippen molar-refractivity contribution >= 4 is 15.6 Å². The number of carbonyl (C=O) groups excluding carboxylic acids is 1. The lowest BCUT2D eigenvalue weighted by molar-refractivity contribution is -0.112. The van der Waals surface area contributed by atoms with E-state index in [1.165, 1.54) is 18.2 Å². The second-order valence-corrected chi connectivity index (χ2v) is 5.72. The van der Waals surface area contributed by atoms with Crippen LogP contribution in [0.2, 0.25) is 0 Å². The lowest BCUT2D eigenvalue weighted by Crippen LogP contribution is -2.14. The molecule has 0 spiro atoms. The van der Waals surface area contributed by atoms with Crippen molar-refractivity contribution in [3.8, 4) is 0 Å². The van der Waals surface area contributed by atoms with Crippen molar-refractivity contribution in [1.29, 1.82) is 0 Å². The highest BCUT2D eigenvalue weighted by molar-refractivity contribution is 7.92. The molecule has 0 aromatic heterocycles. The largest absolute Gasteiger partial charge is 0.294 e. The first-order valence-corrected chi connectivity index (χ1v) is 7.18. The number of carbonyl (C=O) groups is 1. The molecule has 0 bridgehead atoms. The highest BCUT2D eigenvalue weighted by Crippen LogP contribution is 2.10. The van der Waals surface area contributed by atoms with Crippen molar-refractivity contribution in [2.75, 3.05) is 5.75 Å². The van der Waals surface area contributed by atoms with Gasteiger partial charge >= 0.3 is 0 Å². The van der Waals surface area contributed by atoms with Crippen LogP contribution in [0.3, 0.4) is 0 Å². The van der Waals surface area contributed by atoms with Crippen LogP contribution in [0.25, 0.3) is 0 Å². The number of hydrogen-bond acceptors (Lipinski definition) is 3. The molecular weight excluding hydrogens is 236 g/mol. The Morgan fingerprint density at radius 2 is 1.88 bits per heavy atom. The molecular formula is C13H16O3S. The van der Waals surface area contributed by atoms with Gasteiger partial charge in [-0.3, -0.25) is 4.79 Å². The molecule has 1 rings (SSSR count). The van der Waals surface area contributed by atoms with E-state index in [9.17, 15) is 13.2 Å². The minimum Gasteiger partial charge on any atom is -0.294 e. The van der Waals surface area contributed by atoms with Crippen LogP contribution in [-0.2, 0) is 14.6 Å². The number of hydrogen-bond donors (Lipinski definition) is 0. The van der Waals surface area contributed by atoms with Crippen LogP contribution < -0.4 is 0 Å². The standard InChI is InChI=1S/C13H16O3S/c1-2-3-5-8-12(14)11-17(15,16)13-9-6-4-7-10-13/h4-10H,2-3,11H2,1H3/b8-5+. The predicted octanol–water partition coefficient (Wildman–Crippen LogP) is 2.39. The maximum atomic E-state index is 11.8. The third kappa shape index (κ3) is 4.53. The van der Waals surface area contributed by atoms with E-state index in [0.717, 1.165) is 12.8 Å². The summed E-state index contributed by atoms with van der Waals surface area (Å²) in [7, 11) is -3.50. The molecule has 0 unspecified atom stereocenters. The van der Waals surface area contributed by atoms with E-state index < -0.39 is 15.6 Å². The number of unbranched alkanes of at least 4 members (excludes halogenated alkanes) is 1. The number of allylic oxidation sites excluding steroid dienone is 2. The summed E-state index contributed by atoms with van der Waals surface area (Å²) >= 11 is 0. The van der Waals surface area contributed by atoms with Crippen LogP contribution in [0, 0.1) is 0 Å². The molecule has 0 amide bonds. The average Bonchev–Trinajstić information content (AvgIpc) is 2.30. The van der Waals surface area contributed by atoms with Gasteiger partial charge in [0, 0.05) is 0 Å². The third-order valence-corrected chi connectivity index (χ3v) is 3.85. The lowest BCUT2D eigenvalue weighted by atomic mass is 10.3. The zero-order chi connectivity index (χ0) is 12.7. The van der Waals surface area contributed by atoms with Crippen molar-refractivity contribution in [3.05, 3.63) is 42.5 Å². The molecule has 0 radical (unpaired) electrons. The SMILES string of the molecule is CCC/C=C/C(=O)CS(=O)(=O)c1ccccc1. The monoisotopic (exact) mass is 252 g/mol. The van der Waals surface area contributed by atoms with E-state index in [1.54, 1.807) is 24.3 Å². The third-order valence-electron chi connectivity index (χ3n) is 2.19. The highest BCUT2D eigenvalue weighted by Gasteiger charge is 2.16. The average molecular weight is 252 g/mol. The van der Waals surface area contributed by atoms with Gasteiger partial charge in [-0.2, -0.15) is 0 Å². The Morgan fingerprint density at radius 3 is 2.47 bits per heavy atom. The summed E-state index contributed by atoms with van der Waals surface area (Å²) in [5.74, 6) is -0.834. The van der Waals surface area contributed by atoms with Crippen LogP contribution in [0.5, 0.6) is 0 Å². The summed E-state index contributed by atoms with van der Waals surface area (Å²) in [4.78, 5) is 11.6. The van der Waals surface area contributed by atoms with Gasteiger partial charge in [-0.05, 0) is 24.6 Å². The van der Waals surface area contributed by atoms with Gasteiger partial charge in [-0.15, -0.1) is 0 Å². The molecule has 0 N–H and O–H groups in total. The van der Waals surface area contributed by atoms with Crippen molar-refractivity contribution in [3.63, 3.8) is 0 Å². The fourth-order valence-corrected chi connectivity index (χ4v) is 2.54.